The number of alkyl halides is 3. The van der Waals surface area contributed by atoms with E-state index in [2.05, 4.69) is 0 Å². The van der Waals surface area contributed by atoms with E-state index >= 15 is 0 Å². The van der Waals surface area contributed by atoms with Crippen molar-refractivity contribution in [1.82, 2.24) is 5.32 Å². The number of amides is 1. The van der Waals surface area contributed by atoms with Crippen molar-refractivity contribution >= 4 is 5.91 Å². The van der Waals surface area contributed by atoms with Crippen molar-refractivity contribution in [2.75, 3.05) is 7.11 Å². The summed E-state index contributed by atoms with van der Waals surface area (Å²) in [6, 6.07) is 2.07. The van der Waals surface area contributed by atoms with Gasteiger partial charge in [0, 0.05) is 5.56 Å². The Labute approximate surface area is 89.2 Å². The largest absolute Gasteiger partial charge is 0.497 e. The molecule has 0 spiro atoms. The van der Waals surface area contributed by atoms with E-state index in [0.29, 0.717) is 5.75 Å². The fraction of sp³-hybridized carbons (Fsp3) is 0.300. The van der Waals surface area contributed by atoms with Gasteiger partial charge in [-0.2, -0.15) is 13.2 Å². The van der Waals surface area contributed by atoms with Crippen molar-refractivity contribution < 1.29 is 22.7 Å². The highest BCUT2D eigenvalue weighted by molar-refractivity contribution is 5.99. The van der Waals surface area contributed by atoms with Crippen molar-refractivity contribution in [3.05, 3.63) is 29.3 Å². The first-order valence-corrected chi connectivity index (χ1v) is 4.49. The van der Waals surface area contributed by atoms with Gasteiger partial charge in [-0.25, -0.2) is 0 Å². The summed E-state index contributed by atoms with van der Waals surface area (Å²) in [7, 11) is 1.36. The average molecular weight is 231 g/mol. The second-order valence-corrected chi connectivity index (χ2v) is 3.40. The number of rotatable bonds is 1. The maximum atomic E-state index is 12.6. The highest BCUT2D eigenvalue weighted by Gasteiger charge is 2.47. The topological polar surface area (TPSA) is 38.3 Å². The van der Waals surface area contributed by atoms with E-state index in [1.54, 1.807) is 0 Å². The molecule has 0 unspecified atom stereocenters. The molecule has 2 rings (SSSR count). The number of carbonyl (C=O) groups is 1. The summed E-state index contributed by atoms with van der Waals surface area (Å²) in [6.45, 7) is 0. The predicted molar refractivity (Wildman–Crippen MR) is 49.3 cm³/mol. The summed E-state index contributed by atoms with van der Waals surface area (Å²) in [6.07, 6.45) is -4.49. The van der Waals surface area contributed by atoms with Crippen molar-refractivity contribution in [2.45, 2.75) is 12.2 Å². The summed E-state index contributed by atoms with van der Waals surface area (Å²) in [5.41, 5.74) is -0.0417. The smallest absolute Gasteiger partial charge is 0.412 e. The standard InChI is InChI=1S/C10H8F3NO2/c1-16-5-2-3-6-7(4-5)8(10(11,12)13)14-9(6)15/h2-4,8H,1H3,(H,14,15)/t8-/m0/s1. The van der Waals surface area contributed by atoms with Crippen molar-refractivity contribution in [2.24, 2.45) is 0 Å². The van der Waals surface area contributed by atoms with Gasteiger partial charge in [-0.05, 0) is 23.8 Å². The second-order valence-electron chi connectivity index (χ2n) is 3.40. The van der Waals surface area contributed by atoms with Crippen LogP contribution in [0.3, 0.4) is 0 Å². The number of ether oxygens (including phenoxy) is 1. The third-order valence-electron chi connectivity index (χ3n) is 2.42. The number of hydrogen-bond donors (Lipinski definition) is 1. The van der Waals surface area contributed by atoms with E-state index in [0.717, 1.165) is 0 Å². The third kappa shape index (κ3) is 1.60. The molecule has 0 bridgehead atoms. The molecule has 1 atom stereocenters. The number of halogens is 3. The van der Waals surface area contributed by atoms with Crippen LogP contribution in [0.4, 0.5) is 13.2 Å². The number of fused-ring (bicyclic) bond motifs is 1. The Hall–Kier alpha value is -1.72. The van der Waals surface area contributed by atoms with Crippen LogP contribution in [0.2, 0.25) is 0 Å². The number of carbonyl (C=O) groups excluding carboxylic acids is 1. The Balaban J connectivity index is 2.50. The lowest BCUT2D eigenvalue weighted by molar-refractivity contribution is -0.153. The van der Waals surface area contributed by atoms with Crippen molar-refractivity contribution in [3.63, 3.8) is 0 Å². The molecule has 86 valence electrons. The number of methoxy groups -OCH3 is 1. The summed E-state index contributed by atoms with van der Waals surface area (Å²) >= 11 is 0. The van der Waals surface area contributed by atoms with E-state index in [-0.39, 0.29) is 11.1 Å². The van der Waals surface area contributed by atoms with Crippen LogP contribution in [0.1, 0.15) is 22.0 Å². The van der Waals surface area contributed by atoms with E-state index in [9.17, 15) is 18.0 Å². The summed E-state index contributed by atoms with van der Waals surface area (Å²) in [5.74, 6) is -0.413. The van der Waals surface area contributed by atoms with Gasteiger partial charge in [-0.3, -0.25) is 4.79 Å². The van der Waals surface area contributed by atoms with Gasteiger partial charge in [0.15, 0.2) is 6.04 Å². The lowest BCUT2D eigenvalue weighted by atomic mass is 10.0. The van der Waals surface area contributed by atoms with Crippen LogP contribution in [0, 0.1) is 0 Å². The highest BCUT2D eigenvalue weighted by Crippen LogP contribution is 2.39. The fourth-order valence-corrected chi connectivity index (χ4v) is 1.66. The maximum Gasteiger partial charge on any atom is 0.412 e. The molecule has 1 amide bonds. The minimum atomic E-state index is -4.49. The van der Waals surface area contributed by atoms with Crippen LogP contribution in [0.15, 0.2) is 18.2 Å². The van der Waals surface area contributed by atoms with Gasteiger partial charge in [-0.1, -0.05) is 0 Å². The summed E-state index contributed by atoms with van der Waals surface area (Å²) in [5, 5.41) is 1.89. The molecule has 1 heterocycles. The number of nitrogens with one attached hydrogen (secondary N) is 1. The molecule has 6 heteroatoms. The molecule has 0 aromatic heterocycles. The van der Waals surface area contributed by atoms with Gasteiger partial charge < -0.3 is 10.1 Å². The molecule has 1 N–H and O–H groups in total. The predicted octanol–water partition coefficient (Wildman–Crippen LogP) is 2.04. The second kappa shape index (κ2) is 3.40. The molecule has 0 fully saturated rings. The Bertz CT molecular complexity index is 442. The maximum absolute atomic E-state index is 12.6. The van der Waals surface area contributed by atoms with Gasteiger partial charge in [0.2, 0.25) is 0 Å². The van der Waals surface area contributed by atoms with Gasteiger partial charge in [0.05, 0.1) is 7.11 Å². The molecule has 0 aliphatic carbocycles. The molecular weight excluding hydrogens is 223 g/mol. The van der Waals surface area contributed by atoms with E-state index < -0.39 is 18.1 Å². The average Bonchev–Trinajstić information content (AvgIpc) is 2.55. The minimum absolute atomic E-state index is 0.0446. The van der Waals surface area contributed by atoms with Gasteiger partial charge in [-0.15, -0.1) is 0 Å². The van der Waals surface area contributed by atoms with Gasteiger partial charge in [0.25, 0.3) is 5.91 Å². The summed E-state index contributed by atoms with van der Waals surface area (Å²) in [4.78, 5) is 11.3. The molecule has 1 aliphatic heterocycles. The van der Waals surface area contributed by atoms with Crippen molar-refractivity contribution in [1.29, 1.82) is 0 Å². The van der Waals surface area contributed by atoms with Crippen LogP contribution in [-0.2, 0) is 0 Å². The monoisotopic (exact) mass is 231 g/mol. The van der Waals surface area contributed by atoms with Gasteiger partial charge >= 0.3 is 6.18 Å². The molecule has 0 saturated carbocycles. The van der Waals surface area contributed by atoms with Crippen LogP contribution in [0.5, 0.6) is 5.75 Å². The zero-order valence-electron chi connectivity index (χ0n) is 8.26. The number of benzene rings is 1. The molecule has 0 radical (unpaired) electrons. The first kappa shape index (κ1) is 10.8. The third-order valence-corrected chi connectivity index (χ3v) is 2.42. The normalized spacial score (nSPS) is 19.2. The van der Waals surface area contributed by atoms with Crippen LogP contribution >= 0.6 is 0 Å². The molecule has 1 aromatic carbocycles. The molecular formula is C10H8F3NO2. The first-order chi connectivity index (χ1) is 7.43. The lowest BCUT2D eigenvalue weighted by Gasteiger charge is -2.15. The Kier molecular flexibility index (Phi) is 2.29. The molecule has 1 aromatic rings. The molecule has 3 nitrogen and oxygen atoms in total. The zero-order chi connectivity index (χ0) is 11.9. The van der Waals surface area contributed by atoms with E-state index in [4.69, 9.17) is 4.74 Å². The fourth-order valence-electron chi connectivity index (χ4n) is 1.66. The van der Waals surface area contributed by atoms with Crippen LogP contribution < -0.4 is 10.1 Å². The Morgan fingerprint density at radius 2 is 2.06 bits per heavy atom. The number of hydrogen-bond acceptors (Lipinski definition) is 2. The van der Waals surface area contributed by atoms with Crippen molar-refractivity contribution in [3.8, 4) is 5.75 Å². The van der Waals surface area contributed by atoms with Gasteiger partial charge in [0.1, 0.15) is 5.75 Å². The Morgan fingerprint density at radius 1 is 1.38 bits per heavy atom. The first-order valence-electron chi connectivity index (χ1n) is 4.49. The molecule has 0 saturated heterocycles. The lowest BCUT2D eigenvalue weighted by Crippen LogP contribution is -2.31. The summed E-state index contributed by atoms with van der Waals surface area (Å²) < 4.78 is 42.6. The minimum Gasteiger partial charge on any atom is -0.497 e. The highest BCUT2D eigenvalue weighted by atomic mass is 19.4. The zero-order valence-corrected chi connectivity index (χ0v) is 8.26. The van der Waals surface area contributed by atoms with E-state index in [1.165, 1.54) is 25.3 Å². The molecule has 1 aliphatic rings. The van der Waals surface area contributed by atoms with E-state index in [1.807, 2.05) is 5.32 Å². The quantitative estimate of drug-likeness (QED) is 0.803. The van der Waals surface area contributed by atoms with Crippen LogP contribution in [0.25, 0.3) is 0 Å². The molecule has 16 heavy (non-hydrogen) atoms. The SMILES string of the molecule is COc1ccc2c(c1)[C@@H](C(F)(F)F)NC2=O. The Morgan fingerprint density at radius 3 is 2.62 bits per heavy atom. The van der Waals surface area contributed by atoms with Crippen LogP contribution in [-0.4, -0.2) is 19.2 Å².